The summed E-state index contributed by atoms with van der Waals surface area (Å²) in [5.41, 5.74) is 0. The van der Waals surface area contributed by atoms with Crippen molar-refractivity contribution in [3.8, 4) is 0 Å². The Morgan fingerprint density at radius 1 is 1.00 bits per heavy atom. The molecule has 0 aromatic heterocycles. The van der Waals surface area contributed by atoms with Gasteiger partial charge in [-0.1, -0.05) is 70.5 Å². The van der Waals surface area contributed by atoms with Gasteiger partial charge in [-0.3, -0.25) is 0 Å². The van der Waals surface area contributed by atoms with Crippen LogP contribution < -0.4 is 0 Å². The lowest BCUT2D eigenvalue weighted by Gasteiger charge is -2.09. The summed E-state index contributed by atoms with van der Waals surface area (Å²) in [6.45, 7) is 11.5. The van der Waals surface area contributed by atoms with Gasteiger partial charge in [0.2, 0.25) is 0 Å². The van der Waals surface area contributed by atoms with E-state index < -0.39 is 0 Å². The van der Waals surface area contributed by atoms with E-state index in [0.29, 0.717) is 0 Å². The van der Waals surface area contributed by atoms with Gasteiger partial charge in [0.15, 0.2) is 0 Å². The highest BCUT2D eigenvalue weighted by Crippen LogP contribution is 2.05. The van der Waals surface area contributed by atoms with Crippen molar-refractivity contribution in [3.05, 3.63) is 36.4 Å². The van der Waals surface area contributed by atoms with Gasteiger partial charge in [-0.2, -0.15) is 0 Å². The number of benzene rings is 1. The van der Waals surface area contributed by atoms with Crippen LogP contribution in [-0.4, -0.2) is 12.8 Å². The van der Waals surface area contributed by atoms with Crippen LogP contribution in [0.1, 0.15) is 47.0 Å². The molecule has 1 unspecified atom stereocenters. The summed E-state index contributed by atoms with van der Waals surface area (Å²) in [6.07, 6.45) is 3.53. The molecule has 2 heteroatoms. The zero-order valence-electron chi connectivity index (χ0n) is 11.7. The third-order valence-electron chi connectivity index (χ3n) is 1.96. The molecular formula is C15H27NO. The van der Waals surface area contributed by atoms with Crippen LogP contribution in [0.15, 0.2) is 41.6 Å². The SMILES string of the molecule is C=NOC(CC)CCC.CC.c1ccccc1. The molecule has 17 heavy (non-hydrogen) atoms. The van der Waals surface area contributed by atoms with Gasteiger partial charge in [-0.25, -0.2) is 0 Å². The average Bonchev–Trinajstić information content (AvgIpc) is 2.43. The first kappa shape index (κ1) is 18.1. The maximum absolute atomic E-state index is 4.95. The summed E-state index contributed by atoms with van der Waals surface area (Å²) < 4.78 is 0. The molecule has 1 rings (SSSR count). The summed E-state index contributed by atoms with van der Waals surface area (Å²) in [5, 5.41) is 3.38. The Bertz CT molecular complexity index is 197. The van der Waals surface area contributed by atoms with E-state index in [0.717, 1.165) is 19.3 Å². The molecule has 0 bridgehead atoms. The smallest absolute Gasteiger partial charge is 0.127 e. The van der Waals surface area contributed by atoms with Crippen molar-refractivity contribution in [2.75, 3.05) is 0 Å². The van der Waals surface area contributed by atoms with Gasteiger partial charge < -0.3 is 4.84 Å². The van der Waals surface area contributed by atoms with Gasteiger partial charge in [0.25, 0.3) is 0 Å². The quantitative estimate of drug-likeness (QED) is 0.526. The Morgan fingerprint density at radius 2 is 1.41 bits per heavy atom. The molecule has 1 aromatic rings. The highest BCUT2D eigenvalue weighted by Gasteiger charge is 2.02. The molecule has 0 saturated carbocycles. The molecular weight excluding hydrogens is 210 g/mol. The summed E-state index contributed by atoms with van der Waals surface area (Å²) in [5.74, 6) is 0. The Labute approximate surface area is 107 Å². The minimum Gasteiger partial charge on any atom is -0.393 e. The fraction of sp³-hybridized carbons (Fsp3) is 0.533. The van der Waals surface area contributed by atoms with E-state index in [4.69, 9.17) is 4.84 Å². The average molecular weight is 237 g/mol. The first-order valence-corrected chi connectivity index (χ1v) is 6.47. The second kappa shape index (κ2) is 17.1. The summed E-state index contributed by atoms with van der Waals surface area (Å²) in [7, 11) is 0. The van der Waals surface area contributed by atoms with Crippen molar-refractivity contribution in [2.45, 2.75) is 53.1 Å². The first-order chi connectivity index (χ1) is 8.35. The van der Waals surface area contributed by atoms with E-state index in [1.807, 2.05) is 50.2 Å². The molecule has 0 saturated heterocycles. The molecule has 98 valence electrons. The number of nitrogens with zero attached hydrogens (tertiary/aromatic N) is 1. The fourth-order valence-corrected chi connectivity index (χ4v) is 1.14. The van der Waals surface area contributed by atoms with Crippen LogP contribution in [0.5, 0.6) is 0 Å². The normalized spacial score (nSPS) is 9.88. The predicted octanol–water partition coefficient (Wildman–Crippen LogP) is 4.91. The third kappa shape index (κ3) is 14.7. The molecule has 0 aliphatic heterocycles. The second-order valence-electron chi connectivity index (χ2n) is 3.21. The Kier molecular flexibility index (Phi) is 18.2. The highest BCUT2D eigenvalue weighted by molar-refractivity contribution is 5.21. The van der Waals surface area contributed by atoms with E-state index >= 15 is 0 Å². The monoisotopic (exact) mass is 237 g/mol. The molecule has 0 amide bonds. The minimum absolute atomic E-state index is 0.285. The molecule has 1 atom stereocenters. The standard InChI is InChI=1S/C7H15NO.C6H6.C2H6/c1-4-6-7(5-2)9-8-3;1-2-4-6-5-3-1;1-2/h7H,3-6H2,1-2H3;1-6H;1-2H3. The van der Waals surface area contributed by atoms with E-state index in [2.05, 4.69) is 25.7 Å². The first-order valence-electron chi connectivity index (χ1n) is 6.47. The van der Waals surface area contributed by atoms with Gasteiger partial charge in [-0.15, -0.1) is 5.16 Å². The van der Waals surface area contributed by atoms with E-state index in [1.54, 1.807) is 0 Å². The Balaban J connectivity index is 0. The third-order valence-corrected chi connectivity index (χ3v) is 1.96. The highest BCUT2D eigenvalue weighted by atomic mass is 16.6. The molecule has 2 nitrogen and oxygen atoms in total. The van der Waals surface area contributed by atoms with E-state index in [-0.39, 0.29) is 6.10 Å². The Morgan fingerprint density at radius 3 is 1.65 bits per heavy atom. The van der Waals surface area contributed by atoms with Crippen molar-refractivity contribution in [1.82, 2.24) is 0 Å². The zero-order chi connectivity index (χ0) is 13.4. The zero-order valence-corrected chi connectivity index (χ0v) is 11.7. The number of oxime groups is 1. The summed E-state index contributed by atoms with van der Waals surface area (Å²) >= 11 is 0. The molecule has 0 aliphatic rings. The summed E-state index contributed by atoms with van der Waals surface area (Å²) in [4.78, 5) is 4.95. The van der Waals surface area contributed by atoms with Crippen LogP contribution in [-0.2, 0) is 4.84 Å². The van der Waals surface area contributed by atoms with Crippen LogP contribution in [0.3, 0.4) is 0 Å². The van der Waals surface area contributed by atoms with Gasteiger partial charge in [0.1, 0.15) is 6.10 Å². The van der Waals surface area contributed by atoms with Crippen molar-refractivity contribution < 1.29 is 4.84 Å². The van der Waals surface area contributed by atoms with Gasteiger partial charge in [0, 0.05) is 6.72 Å². The Hall–Kier alpha value is -1.31. The van der Waals surface area contributed by atoms with Crippen molar-refractivity contribution >= 4 is 6.72 Å². The van der Waals surface area contributed by atoms with Gasteiger partial charge in [-0.05, 0) is 12.8 Å². The molecule has 1 aromatic carbocycles. The van der Waals surface area contributed by atoms with Crippen LogP contribution in [0.2, 0.25) is 0 Å². The van der Waals surface area contributed by atoms with E-state index in [1.165, 1.54) is 0 Å². The topological polar surface area (TPSA) is 21.6 Å². The van der Waals surface area contributed by atoms with E-state index in [9.17, 15) is 0 Å². The molecule has 0 N–H and O–H groups in total. The van der Waals surface area contributed by atoms with Crippen molar-refractivity contribution in [1.29, 1.82) is 0 Å². The van der Waals surface area contributed by atoms with Crippen molar-refractivity contribution in [2.24, 2.45) is 5.16 Å². The van der Waals surface area contributed by atoms with Gasteiger partial charge in [0.05, 0.1) is 0 Å². The second-order valence-corrected chi connectivity index (χ2v) is 3.21. The lowest BCUT2D eigenvalue weighted by molar-refractivity contribution is 0.0517. The lowest BCUT2D eigenvalue weighted by Crippen LogP contribution is -2.06. The largest absolute Gasteiger partial charge is 0.393 e. The molecule has 0 fully saturated rings. The van der Waals surface area contributed by atoms with Gasteiger partial charge >= 0.3 is 0 Å². The molecule has 0 heterocycles. The van der Waals surface area contributed by atoms with Crippen LogP contribution in [0, 0.1) is 0 Å². The van der Waals surface area contributed by atoms with Crippen LogP contribution in [0.4, 0.5) is 0 Å². The molecule has 0 radical (unpaired) electrons. The molecule has 0 aliphatic carbocycles. The lowest BCUT2D eigenvalue weighted by atomic mass is 10.2. The fourth-order valence-electron chi connectivity index (χ4n) is 1.14. The minimum atomic E-state index is 0.285. The predicted molar refractivity (Wildman–Crippen MR) is 77.4 cm³/mol. The maximum atomic E-state index is 4.95. The molecule has 0 spiro atoms. The number of hydrogen-bond donors (Lipinski definition) is 0. The number of rotatable bonds is 5. The maximum Gasteiger partial charge on any atom is 0.127 e. The summed E-state index contributed by atoms with van der Waals surface area (Å²) in [6, 6.07) is 12.0. The van der Waals surface area contributed by atoms with Crippen molar-refractivity contribution in [3.63, 3.8) is 0 Å². The number of hydrogen-bond acceptors (Lipinski definition) is 2. The van der Waals surface area contributed by atoms with Crippen LogP contribution in [0.25, 0.3) is 0 Å². The van der Waals surface area contributed by atoms with Crippen LogP contribution >= 0.6 is 0 Å².